The number of carboxylic acid groups (broad SMARTS) is 1. The standard InChI is InChI=1S/C13H15NO3/c15-12-9-14(7-6-11(12)13(16)17)8-10-4-2-1-3-5-10/h1-5,11H,6-9H2,(H,16,17). The van der Waals surface area contributed by atoms with Gasteiger partial charge in [0.05, 0.1) is 6.54 Å². The average molecular weight is 233 g/mol. The lowest BCUT2D eigenvalue weighted by Crippen LogP contribution is -2.43. The predicted molar refractivity (Wildman–Crippen MR) is 62.5 cm³/mol. The molecule has 17 heavy (non-hydrogen) atoms. The SMILES string of the molecule is O=C(O)C1CCN(Cc2ccccc2)CC1=O. The van der Waals surface area contributed by atoms with Gasteiger partial charge in [-0.15, -0.1) is 0 Å². The molecule has 4 heteroatoms. The van der Waals surface area contributed by atoms with Crippen molar-refractivity contribution in [3.8, 4) is 0 Å². The number of hydrogen-bond donors (Lipinski definition) is 1. The number of carbonyl (C=O) groups is 2. The molecule has 0 spiro atoms. The first kappa shape index (κ1) is 11.8. The van der Waals surface area contributed by atoms with Crippen molar-refractivity contribution in [1.82, 2.24) is 4.90 Å². The number of likely N-dealkylation sites (tertiary alicyclic amines) is 1. The smallest absolute Gasteiger partial charge is 0.314 e. The Kier molecular flexibility index (Phi) is 3.54. The monoisotopic (exact) mass is 233 g/mol. The second-order valence-corrected chi connectivity index (χ2v) is 4.34. The molecule has 0 aliphatic carbocycles. The molecule has 1 atom stereocenters. The Morgan fingerprint density at radius 1 is 1.35 bits per heavy atom. The predicted octanol–water partition coefficient (Wildman–Crippen LogP) is 1.16. The summed E-state index contributed by atoms with van der Waals surface area (Å²) in [6.45, 7) is 1.61. The maximum absolute atomic E-state index is 11.6. The molecule has 1 aliphatic heterocycles. The summed E-state index contributed by atoms with van der Waals surface area (Å²) in [5.74, 6) is -1.98. The van der Waals surface area contributed by atoms with Crippen LogP contribution in [-0.4, -0.2) is 34.8 Å². The molecule has 0 radical (unpaired) electrons. The highest BCUT2D eigenvalue weighted by Crippen LogP contribution is 2.16. The number of aliphatic carboxylic acids is 1. The van der Waals surface area contributed by atoms with Crippen molar-refractivity contribution in [2.24, 2.45) is 5.92 Å². The molecule has 0 bridgehead atoms. The van der Waals surface area contributed by atoms with E-state index in [0.717, 1.165) is 5.56 Å². The molecule has 0 saturated carbocycles. The molecule has 4 nitrogen and oxygen atoms in total. The zero-order valence-electron chi connectivity index (χ0n) is 9.50. The fourth-order valence-corrected chi connectivity index (χ4v) is 2.12. The number of piperidine rings is 1. The highest BCUT2D eigenvalue weighted by molar-refractivity contribution is 5.99. The molecular weight excluding hydrogens is 218 g/mol. The van der Waals surface area contributed by atoms with Crippen LogP contribution in [0.1, 0.15) is 12.0 Å². The van der Waals surface area contributed by atoms with Crippen molar-refractivity contribution >= 4 is 11.8 Å². The molecule has 1 saturated heterocycles. The van der Waals surface area contributed by atoms with Gasteiger partial charge in [-0.25, -0.2) is 0 Å². The van der Waals surface area contributed by atoms with E-state index in [-0.39, 0.29) is 12.3 Å². The lowest BCUT2D eigenvalue weighted by molar-refractivity contribution is -0.148. The molecule has 0 amide bonds. The minimum atomic E-state index is -0.991. The number of nitrogens with zero attached hydrogens (tertiary/aromatic N) is 1. The average Bonchev–Trinajstić information content (AvgIpc) is 2.30. The lowest BCUT2D eigenvalue weighted by atomic mass is 9.95. The van der Waals surface area contributed by atoms with Crippen molar-refractivity contribution in [2.45, 2.75) is 13.0 Å². The van der Waals surface area contributed by atoms with Gasteiger partial charge < -0.3 is 5.11 Å². The zero-order chi connectivity index (χ0) is 12.3. The summed E-state index contributed by atoms with van der Waals surface area (Å²) in [4.78, 5) is 24.4. The van der Waals surface area contributed by atoms with Gasteiger partial charge in [0.15, 0.2) is 5.78 Å². The highest BCUT2D eigenvalue weighted by atomic mass is 16.4. The highest BCUT2D eigenvalue weighted by Gasteiger charge is 2.31. The molecule has 90 valence electrons. The second kappa shape index (κ2) is 5.10. The summed E-state index contributed by atoms with van der Waals surface area (Å²) in [5.41, 5.74) is 1.15. The van der Waals surface area contributed by atoms with Crippen molar-refractivity contribution in [3.05, 3.63) is 35.9 Å². The van der Waals surface area contributed by atoms with Crippen molar-refractivity contribution in [3.63, 3.8) is 0 Å². The van der Waals surface area contributed by atoms with E-state index in [2.05, 4.69) is 0 Å². The summed E-state index contributed by atoms with van der Waals surface area (Å²) in [7, 11) is 0. The maximum Gasteiger partial charge on any atom is 0.314 e. The quantitative estimate of drug-likeness (QED) is 0.796. The summed E-state index contributed by atoms with van der Waals surface area (Å²) < 4.78 is 0. The van der Waals surface area contributed by atoms with E-state index >= 15 is 0 Å². The molecule has 0 aromatic heterocycles. The van der Waals surface area contributed by atoms with Crippen LogP contribution in [0.25, 0.3) is 0 Å². The van der Waals surface area contributed by atoms with Gasteiger partial charge in [0, 0.05) is 13.1 Å². The van der Waals surface area contributed by atoms with Gasteiger partial charge >= 0.3 is 5.97 Å². The van der Waals surface area contributed by atoms with Crippen LogP contribution >= 0.6 is 0 Å². The molecule has 1 fully saturated rings. The van der Waals surface area contributed by atoms with Crippen LogP contribution in [0.2, 0.25) is 0 Å². The van der Waals surface area contributed by atoms with E-state index < -0.39 is 11.9 Å². The fraction of sp³-hybridized carbons (Fsp3) is 0.385. The van der Waals surface area contributed by atoms with Gasteiger partial charge in [-0.2, -0.15) is 0 Å². The lowest BCUT2D eigenvalue weighted by Gasteiger charge is -2.28. The summed E-state index contributed by atoms with van der Waals surface area (Å²) in [5, 5.41) is 8.85. The Balaban J connectivity index is 1.94. The van der Waals surface area contributed by atoms with Gasteiger partial charge in [0.25, 0.3) is 0 Å². The Morgan fingerprint density at radius 2 is 2.06 bits per heavy atom. The van der Waals surface area contributed by atoms with Crippen LogP contribution in [0, 0.1) is 5.92 Å². The number of benzene rings is 1. The van der Waals surface area contributed by atoms with Crippen LogP contribution in [0.15, 0.2) is 30.3 Å². The molecule has 1 heterocycles. The van der Waals surface area contributed by atoms with E-state index in [1.807, 2.05) is 35.2 Å². The van der Waals surface area contributed by atoms with Gasteiger partial charge in [-0.3, -0.25) is 14.5 Å². The summed E-state index contributed by atoms with van der Waals surface area (Å²) in [6.07, 6.45) is 0.418. The Bertz CT molecular complexity index is 416. The van der Waals surface area contributed by atoms with E-state index in [4.69, 9.17) is 5.11 Å². The third-order valence-electron chi connectivity index (χ3n) is 3.05. The van der Waals surface area contributed by atoms with Crippen LogP contribution in [0.4, 0.5) is 0 Å². The van der Waals surface area contributed by atoms with Gasteiger partial charge in [0.1, 0.15) is 5.92 Å². The number of Topliss-reactive ketones (excluding diaryl/α,β-unsaturated/α-hetero) is 1. The second-order valence-electron chi connectivity index (χ2n) is 4.34. The number of ketones is 1. The Labute approximate surface area is 99.9 Å². The maximum atomic E-state index is 11.6. The van der Waals surface area contributed by atoms with Crippen LogP contribution in [0.5, 0.6) is 0 Å². The largest absolute Gasteiger partial charge is 0.481 e. The topological polar surface area (TPSA) is 57.6 Å². The first-order valence-corrected chi connectivity index (χ1v) is 5.68. The number of rotatable bonds is 3. The molecule has 1 aromatic rings. The van der Waals surface area contributed by atoms with Gasteiger partial charge in [-0.05, 0) is 12.0 Å². The third kappa shape index (κ3) is 2.91. The minimum Gasteiger partial charge on any atom is -0.481 e. The zero-order valence-corrected chi connectivity index (χ0v) is 9.50. The van der Waals surface area contributed by atoms with Crippen LogP contribution in [0.3, 0.4) is 0 Å². The van der Waals surface area contributed by atoms with Crippen molar-refractivity contribution in [1.29, 1.82) is 0 Å². The van der Waals surface area contributed by atoms with Crippen LogP contribution < -0.4 is 0 Å². The van der Waals surface area contributed by atoms with Crippen molar-refractivity contribution in [2.75, 3.05) is 13.1 Å². The van der Waals surface area contributed by atoms with Crippen molar-refractivity contribution < 1.29 is 14.7 Å². The molecule has 1 aromatic carbocycles. The number of carboxylic acids is 1. The Morgan fingerprint density at radius 3 is 2.65 bits per heavy atom. The van der Waals surface area contributed by atoms with E-state index in [1.165, 1.54) is 0 Å². The van der Waals surface area contributed by atoms with Crippen LogP contribution in [-0.2, 0) is 16.1 Å². The molecule has 2 rings (SSSR count). The molecule has 1 N–H and O–H groups in total. The van der Waals surface area contributed by atoms with E-state index in [0.29, 0.717) is 19.5 Å². The molecular formula is C13H15NO3. The first-order valence-electron chi connectivity index (χ1n) is 5.68. The molecule has 1 unspecified atom stereocenters. The van der Waals surface area contributed by atoms with Gasteiger partial charge in [0.2, 0.25) is 0 Å². The summed E-state index contributed by atoms with van der Waals surface area (Å²) in [6, 6.07) is 9.88. The summed E-state index contributed by atoms with van der Waals surface area (Å²) >= 11 is 0. The minimum absolute atomic E-state index is 0.181. The van der Waals surface area contributed by atoms with E-state index in [1.54, 1.807) is 0 Å². The number of hydrogen-bond acceptors (Lipinski definition) is 3. The Hall–Kier alpha value is -1.68. The third-order valence-corrected chi connectivity index (χ3v) is 3.05. The van der Waals surface area contributed by atoms with Gasteiger partial charge in [-0.1, -0.05) is 30.3 Å². The molecule has 1 aliphatic rings. The normalized spacial score (nSPS) is 21.4. The van der Waals surface area contributed by atoms with E-state index in [9.17, 15) is 9.59 Å². The fourth-order valence-electron chi connectivity index (χ4n) is 2.12. The number of carbonyl (C=O) groups excluding carboxylic acids is 1. The first-order chi connectivity index (χ1) is 8.16.